The van der Waals surface area contributed by atoms with Crippen LogP contribution in [0, 0.1) is 38.9 Å². The first-order chi connectivity index (χ1) is 16.7. The maximum atomic E-state index is 12.7. The van der Waals surface area contributed by atoms with E-state index in [2.05, 4.69) is 27.9 Å². The molecule has 1 N–H and O–H groups in total. The molecule has 1 amide bonds. The van der Waals surface area contributed by atoms with Gasteiger partial charge in [0.15, 0.2) is 11.5 Å². The molecule has 0 heterocycles. The Balaban J connectivity index is 1.82. The summed E-state index contributed by atoms with van der Waals surface area (Å²) < 4.78 is 12.0. The van der Waals surface area contributed by atoms with Gasteiger partial charge in [0.1, 0.15) is 18.2 Å². The van der Waals surface area contributed by atoms with Gasteiger partial charge in [0.05, 0.1) is 15.6 Å². The maximum absolute atomic E-state index is 12.7. The standard InChI is InChI=1S/C26H22IN3O5/c1-16-7-8-23(17(2)9-16)29-26(31)20(14-28)10-19-12-22(27)25(24(13-19)34-3)35-15-18-5-4-6-21(11-18)30(32)33/h4-13H,15H2,1-3H3,(H,29,31)/b20-10+. The lowest BCUT2D eigenvalue weighted by Crippen LogP contribution is -2.14. The van der Waals surface area contributed by atoms with Crippen LogP contribution in [0.4, 0.5) is 11.4 Å². The number of non-ortho nitro benzene ring substituents is 1. The van der Waals surface area contributed by atoms with Gasteiger partial charge in [-0.05, 0) is 77.4 Å². The SMILES string of the molecule is COc1cc(/C=C(\C#N)C(=O)Nc2ccc(C)cc2C)cc(I)c1OCc1cccc([N+](=O)[O-])c1. The minimum atomic E-state index is -0.514. The number of carbonyl (C=O) groups excluding carboxylic acids is 1. The van der Waals surface area contributed by atoms with Gasteiger partial charge in [-0.1, -0.05) is 29.8 Å². The zero-order valence-corrected chi connectivity index (χ0v) is 21.5. The van der Waals surface area contributed by atoms with E-state index >= 15 is 0 Å². The van der Waals surface area contributed by atoms with E-state index in [9.17, 15) is 20.2 Å². The molecular formula is C26H22IN3O5. The maximum Gasteiger partial charge on any atom is 0.269 e. The number of hydrogen-bond donors (Lipinski definition) is 1. The second kappa shape index (κ2) is 11.5. The van der Waals surface area contributed by atoms with Crippen molar-refractivity contribution in [3.8, 4) is 17.6 Å². The van der Waals surface area contributed by atoms with Gasteiger partial charge in [-0.25, -0.2) is 0 Å². The fourth-order valence-electron chi connectivity index (χ4n) is 3.34. The Bertz CT molecular complexity index is 1360. The van der Waals surface area contributed by atoms with Crippen LogP contribution in [0.2, 0.25) is 0 Å². The second-order valence-electron chi connectivity index (χ2n) is 7.69. The fourth-order valence-corrected chi connectivity index (χ4v) is 4.12. The molecule has 0 saturated carbocycles. The van der Waals surface area contributed by atoms with Gasteiger partial charge in [-0.15, -0.1) is 0 Å². The summed E-state index contributed by atoms with van der Waals surface area (Å²) in [6, 6.07) is 17.2. The molecule has 3 aromatic rings. The molecule has 3 aromatic carbocycles. The van der Waals surface area contributed by atoms with Crippen molar-refractivity contribution in [2.24, 2.45) is 0 Å². The highest BCUT2D eigenvalue weighted by Gasteiger charge is 2.15. The monoisotopic (exact) mass is 583 g/mol. The Morgan fingerprint density at radius 2 is 1.97 bits per heavy atom. The molecule has 0 aliphatic rings. The van der Waals surface area contributed by atoms with Crippen molar-refractivity contribution >= 4 is 45.9 Å². The highest BCUT2D eigenvalue weighted by atomic mass is 127. The molecular weight excluding hydrogens is 561 g/mol. The number of rotatable bonds is 8. The zero-order chi connectivity index (χ0) is 25.5. The predicted molar refractivity (Wildman–Crippen MR) is 141 cm³/mol. The number of benzene rings is 3. The zero-order valence-electron chi connectivity index (χ0n) is 19.3. The van der Waals surface area contributed by atoms with Crippen molar-refractivity contribution in [3.63, 3.8) is 0 Å². The molecule has 0 aliphatic carbocycles. The normalized spacial score (nSPS) is 10.9. The molecule has 9 heteroatoms. The Morgan fingerprint density at radius 3 is 2.63 bits per heavy atom. The van der Waals surface area contributed by atoms with Gasteiger partial charge in [0.2, 0.25) is 0 Å². The molecule has 0 radical (unpaired) electrons. The minimum Gasteiger partial charge on any atom is -0.493 e. The molecule has 0 aliphatic heterocycles. The lowest BCUT2D eigenvalue weighted by Gasteiger charge is -2.14. The van der Waals surface area contributed by atoms with Crippen LogP contribution in [0.25, 0.3) is 6.08 Å². The number of nitrogens with one attached hydrogen (secondary N) is 1. The Labute approximate surface area is 216 Å². The van der Waals surface area contributed by atoms with Gasteiger partial charge in [-0.3, -0.25) is 14.9 Å². The van der Waals surface area contributed by atoms with Crippen molar-refractivity contribution < 1.29 is 19.2 Å². The van der Waals surface area contributed by atoms with E-state index < -0.39 is 10.8 Å². The quantitative estimate of drug-likeness (QED) is 0.115. The summed E-state index contributed by atoms with van der Waals surface area (Å²) in [6.45, 7) is 3.95. The summed E-state index contributed by atoms with van der Waals surface area (Å²) in [7, 11) is 1.48. The number of hydrogen-bond acceptors (Lipinski definition) is 6. The number of aryl methyl sites for hydroxylation is 2. The molecule has 0 aromatic heterocycles. The van der Waals surface area contributed by atoms with Crippen molar-refractivity contribution in [2.75, 3.05) is 12.4 Å². The van der Waals surface area contributed by atoms with Crippen molar-refractivity contribution in [2.45, 2.75) is 20.5 Å². The molecule has 3 rings (SSSR count). The van der Waals surface area contributed by atoms with Crippen LogP contribution >= 0.6 is 22.6 Å². The molecule has 0 spiro atoms. The smallest absolute Gasteiger partial charge is 0.269 e. The van der Waals surface area contributed by atoms with E-state index in [1.807, 2.05) is 32.0 Å². The van der Waals surface area contributed by atoms with Crippen LogP contribution in [0.5, 0.6) is 11.5 Å². The Morgan fingerprint density at radius 1 is 1.20 bits per heavy atom. The van der Waals surface area contributed by atoms with Gasteiger partial charge in [0.25, 0.3) is 11.6 Å². The van der Waals surface area contributed by atoms with Crippen molar-refractivity contribution in [1.29, 1.82) is 5.26 Å². The predicted octanol–water partition coefficient (Wildman–Crippen LogP) is 5.95. The van der Waals surface area contributed by atoms with E-state index in [0.29, 0.717) is 31.9 Å². The average Bonchev–Trinajstić information content (AvgIpc) is 2.83. The minimum absolute atomic E-state index is 0.0172. The van der Waals surface area contributed by atoms with Crippen LogP contribution < -0.4 is 14.8 Å². The molecule has 35 heavy (non-hydrogen) atoms. The summed E-state index contributed by atoms with van der Waals surface area (Å²) >= 11 is 2.07. The lowest BCUT2D eigenvalue weighted by molar-refractivity contribution is -0.384. The van der Waals surface area contributed by atoms with Gasteiger partial charge >= 0.3 is 0 Å². The molecule has 0 unspecified atom stereocenters. The van der Waals surface area contributed by atoms with Gasteiger partial charge < -0.3 is 14.8 Å². The number of nitrogens with zero attached hydrogens (tertiary/aromatic N) is 2. The number of nitro groups is 1. The van der Waals surface area contributed by atoms with E-state index in [0.717, 1.165) is 11.1 Å². The molecule has 0 fully saturated rings. The fraction of sp³-hybridized carbons (Fsp3) is 0.154. The van der Waals surface area contributed by atoms with Crippen molar-refractivity contribution in [3.05, 3.63) is 96.1 Å². The number of carbonyl (C=O) groups is 1. The molecule has 8 nitrogen and oxygen atoms in total. The number of amides is 1. The van der Waals surface area contributed by atoms with Crippen LogP contribution in [-0.2, 0) is 11.4 Å². The first kappa shape index (κ1) is 25.7. The third-order valence-electron chi connectivity index (χ3n) is 5.06. The number of halogens is 1. The van der Waals surface area contributed by atoms with Crippen LogP contribution in [0.15, 0.2) is 60.2 Å². The molecule has 0 bridgehead atoms. The average molecular weight is 583 g/mol. The number of methoxy groups -OCH3 is 1. The number of ether oxygens (including phenoxy) is 2. The second-order valence-corrected chi connectivity index (χ2v) is 8.85. The Kier molecular flexibility index (Phi) is 8.43. The van der Waals surface area contributed by atoms with E-state index in [1.165, 1.54) is 25.3 Å². The van der Waals surface area contributed by atoms with Gasteiger partial charge in [0, 0.05) is 17.8 Å². The summed E-state index contributed by atoms with van der Waals surface area (Å²) in [4.78, 5) is 23.3. The summed E-state index contributed by atoms with van der Waals surface area (Å²) in [5, 5.41) is 23.4. The largest absolute Gasteiger partial charge is 0.493 e. The first-order valence-corrected chi connectivity index (χ1v) is 11.5. The lowest BCUT2D eigenvalue weighted by atomic mass is 10.1. The van der Waals surface area contributed by atoms with Crippen LogP contribution in [0.3, 0.4) is 0 Å². The summed E-state index contributed by atoms with van der Waals surface area (Å²) in [5.41, 5.74) is 3.75. The summed E-state index contributed by atoms with van der Waals surface area (Å²) in [6.07, 6.45) is 1.48. The van der Waals surface area contributed by atoms with E-state index in [4.69, 9.17) is 9.47 Å². The molecule has 178 valence electrons. The Hall–Kier alpha value is -3.91. The van der Waals surface area contributed by atoms with Crippen LogP contribution in [-0.4, -0.2) is 17.9 Å². The molecule has 0 atom stereocenters. The highest BCUT2D eigenvalue weighted by Crippen LogP contribution is 2.35. The van der Waals surface area contributed by atoms with Crippen molar-refractivity contribution in [1.82, 2.24) is 0 Å². The third kappa shape index (κ3) is 6.58. The van der Waals surface area contributed by atoms with Crippen LogP contribution in [0.1, 0.15) is 22.3 Å². The third-order valence-corrected chi connectivity index (χ3v) is 5.86. The van der Waals surface area contributed by atoms with E-state index in [1.54, 1.807) is 30.3 Å². The number of nitro benzene ring substituents is 1. The number of anilines is 1. The first-order valence-electron chi connectivity index (χ1n) is 10.5. The topological polar surface area (TPSA) is 114 Å². The van der Waals surface area contributed by atoms with E-state index in [-0.39, 0.29) is 17.9 Å². The highest BCUT2D eigenvalue weighted by molar-refractivity contribution is 14.1. The summed E-state index contributed by atoms with van der Waals surface area (Å²) in [5.74, 6) is 0.343. The number of nitriles is 1. The molecule has 0 saturated heterocycles. The van der Waals surface area contributed by atoms with Gasteiger partial charge in [-0.2, -0.15) is 5.26 Å².